The van der Waals surface area contributed by atoms with Crippen molar-refractivity contribution in [1.82, 2.24) is 4.90 Å². The number of alkyl halides is 2. The molecule has 0 aromatic rings. The minimum Gasteiger partial charge on any atom is -0.391 e. The maximum Gasteiger partial charge on any atom is 0.0802 e. The Morgan fingerprint density at radius 3 is 1.67 bits per heavy atom. The van der Waals surface area contributed by atoms with Crippen LogP contribution in [0.5, 0.6) is 0 Å². The molecule has 74 valence electrons. The van der Waals surface area contributed by atoms with Crippen LogP contribution >= 0.6 is 23.2 Å². The zero-order valence-electron chi connectivity index (χ0n) is 7.08. The summed E-state index contributed by atoms with van der Waals surface area (Å²) < 4.78 is 0. The number of hydrogen-bond donors (Lipinski definition) is 2. The van der Waals surface area contributed by atoms with Crippen molar-refractivity contribution in [3.63, 3.8) is 0 Å². The molecule has 0 aromatic carbocycles. The Bertz CT molecular complexity index is 104. The minimum atomic E-state index is -0.542. The molecule has 0 heterocycles. The van der Waals surface area contributed by atoms with E-state index in [1.54, 1.807) is 11.9 Å². The first-order valence-corrected chi connectivity index (χ1v) is 4.83. The molecule has 0 aliphatic heterocycles. The predicted molar refractivity (Wildman–Crippen MR) is 51.0 cm³/mol. The highest BCUT2D eigenvalue weighted by molar-refractivity contribution is 6.18. The van der Waals surface area contributed by atoms with Gasteiger partial charge in [-0.15, -0.1) is 23.2 Å². The molecule has 5 heteroatoms. The van der Waals surface area contributed by atoms with Gasteiger partial charge in [0.25, 0.3) is 0 Å². The summed E-state index contributed by atoms with van der Waals surface area (Å²) in [5.41, 5.74) is 0. The fraction of sp³-hybridized carbons (Fsp3) is 1.00. The molecule has 12 heavy (non-hydrogen) atoms. The lowest BCUT2D eigenvalue weighted by molar-refractivity contribution is 0.102. The number of aliphatic hydroxyl groups is 2. The van der Waals surface area contributed by atoms with Crippen LogP contribution in [0.2, 0.25) is 0 Å². The number of nitrogens with zero attached hydrogens (tertiary/aromatic N) is 1. The van der Waals surface area contributed by atoms with Crippen molar-refractivity contribution >= 4 is 23.2 Å². The largest absolute Gasteiger partial charge is 0.391 e. The minimum absolute atomic E-state index is 0.210. The maximum atomic E-state index is 9.13. The lowest BCUT2D eigenvalue weighted by Crippen LogP contribution is -2.36. The molecular formula is C7H15Cl2NO2. The number of aliphatic hydroxyl groups excluding tert-OH is 2. The van der Waals surface area contributed by atoms with Gasteiger partial charge in [0.2, 0.25) is 0 Å². The van der Waals surface area contributed by atoms with Crippen LogP contribution in [0.3, 0.4) is 0 Å². The molecule has 3 nitrogen and oxygen atoms in total. The van der Waals surface area contributed by atoms with Crippen LogP contribution in [0.15, 0.2) is 0 Å². The van der Waals surface area contributed by atoms with Gasteiger partial charge in [-0.05, 0) is 7.05 Å². The number of halogens is 2. The van der Waals surface area contributed by atoms with Gasteiger partial charge in [0.1, 0.15) is 0 Å². The standard InChI is InChI=1S/C7H15Cl2NO2/c1-10(4-6(11)2-8)5-7(12)3-9/h6-7,11-12H,2-5H2,1H3. The molecule has 0 bridgehead atoms. The van der Waals surface area contributed by atoms with E-state index in [1.807, 2.05) is 0 Å². The second kappa shape index (κ2) is 6.92. The fourth-order valence-electron chi connectivity index (χ4n) is 0.892. The lowest BCUT2D eigenvalue weighted by Gasteiger charge is -2.21. The van der Waals surface area contributed by atoms with E-state index in [-0.39, 0.29) is 11.8 Å². The topological polar surface area (TPSA) is 43.7 Å². The highest BCUT2D eigenvalue weighted by Gasteiger charge is 2.10. The molecule has 0 aliphatic rings. The van der Waals surface area contributed by atoms with Crippen LogP contribution < -0.4 is 0 Å². The SMILES string of the molecule is CN(CC(O)CCl)CC(O)CCl. The molecule has 0 spiro atoms. The third-order valence-electron chi connectivity index (χ3n) is 1.40. The van der Waals surface area contributed by atoms with Gasteiger partial charge in [0.05, 0.1) is 12.2 Å². The summed E-state index contributed by atoms with van der Waals surface area (Å²) in [5, 5.41) is 18.3. The van der Waals surface area contributed by atoms with Crippen molar-refractivity contribution < 1.29 is 10.2 Å². The Morgan fingerprint density at radius 1 is 1.08 bits per heavy atom. The van der Waals surface area contributed by atoms with E-state index in [0.717, 1.165) is 0 Å². The van der Waals surface area contributed by atoms with Crippen molar-refractivity contribution in [2.75, 3.05) is 31.9 Å². The van der Waals surface area contributed by atoms with Gasteiger partial charge in [-0.1, -0.05) is 0 Å². The molecule has 0 amide bonds. The molecule has 0 aromatic heterocycles. The van der Waals surface area contributed by atoms with Gasteiger partial charge in [0, 0.05) is 24.8 Å². The quantitative estimate of drug-likeness (QED) is 0.619. The van der Waals surface area contributed by atoms with Gasteiger partial charge in [0.15, 0.2) is 0 Å². The summed E-state index contributed by atoms with van der Waals surface area (Å²) in [6.45, 7) is 0.912. The monoisotopic (exact) mass is 215 g/mol. The van der Waals surface area contributed by atoms with Crippen molar-refractivity contribution in [2.45, 2.75) is 12.2 Å². The highest BCUT2D eigenvalue weighted by atomic mass is 35.5. The molecule has 0 rings (SSSR count). The summed E-state index contributed by atoms with van der Waals surface area (Å²) >= 11 is 10.8. The van der Waals surface area contributed by atoms with E-state index < -0.39 is 12.2 Å². The van der Waals surface area contributed by atoms with E-state index in [9.17, 15) is 0 Å². The van der Waals surface area contributed by atoms with Gasteiger partial charge in [-0.3, -0.25) is 0 Å². The second-order valence-electron chi connectivity index (χ2n) is 2.84. The van der Waals surface area contributed by atoms with Crippen molar-refractivity contribution in [3.8, 4) is 0 Å². The Balaban J connectivity index is 3.51. The van der Waals surface area contributed by atoms with Crippen LogP contribution in [0.25, 0.3) is 0 Å². The third kappa shape index (κ3) is 6.03. The third-order valence-corrected chi connectivity index (χ3v) is 2.11. The first-order valence-electron chi connectivity index (χ1n) is 3.76. The maximum absolute atomic E-state index is 9.13. The zero-order chi connectivity index (χ0) is 9.56. The molecule has 0 aliphatic carbocycles. The van der Waals surface area contributed by atoms with Gasteiger partial charge < -0.3 is 15.1 Å². The summed E-state index contributed by atoms with van der Waals surface area (Å²) in [7, 11) is 1.80. The van der Waals surface area contributed by atoms with Crippen molar-refractivity contribution in [2.24, 2.45) is 0 Å². The number of rotatable bonds is 6. The van der Waals surface area contributed by atoms with Crippen molar-refractivity contribution in [3.05, 3.63) is 0 Å². The Morgan fingerprint density at radius 2 is 1.42 bits per heavy atom. The van der Waals surface area contributed by atoms with E-state index in [0.29, 0.717) is 13.1 Å². The van der Waals surface area contributed by atoms with E-state index in [4.69, 9.17) is 33.4 Å². The van der Waals surface area contributed by atoms with Gasteiger partial charge in [-0.25, -0.2) is 0 Å². The van der Waals surface area contributed by atoms with Crippen LogP contribution in [-0.2, 0) is 0 Å². The molecule has 0 saturated heterocycles. The summed E-state index contributed by atoms with van der Waals surface area (Å²) in [6, 6.07) is 0. The normalized spacial score (nSPS) is 16.5. The van der Waals surface area contributed by atoms with Crippen LogP contribution in [0.1, 0.15) is 0 Å². The molecule has 0 fully saturated rings. The molecule has 2 atom stereocenters. The molecular weight excluding hydrogens is 201 g/mol. The average molecular weight is 216 g/mol. The van der Waals surface area contributed by atoms with E-state index in [2.05, 4.69) is 0 Å². The lowest BCUT2D eigenvalue weighted by atomic mass is 10.3. The Kier molecular flexibility index (Phi) is 7.19. The van der Waals surface area contributed by atoms with Gasteiger partial charge in [-0.2, -0.15) is 0 Å². The summed E-state index contributed by atoms with van der Waals surface area (Å²) in [4.78, 5) is 1.79. The number of likely N-dealkylation sites (N-methyl/N-ethyl adjacent to an activating group) is 1. The number of hydrogen-bond acceptors (Lipinski definition) is 3. The zero-order valence-corrected chi connectivity index (χ0v) is 8.59. The molecule has 0 saturated carbocycles. The Hall–Kier alpha value is 0.460. The predicted octanol–water partition coefficient (Wildman–Crippen LogP) is 0.118. The first-order chi connectivity index (χ1) is 5.60. The van der Waals surface area contributed by atoms with Crippen LogP contribution in [0, 0.1) is 0 Å². The molecule has 2 N–H and O–H groups in total. The smallest absolute Gasteiger partial charge is 0.0802 e. The van der Waals surface area contributed by atoms with Crippen molar-refractivity contribution in [1.29, 1.82) is 0 Å². The first kappa shape index (κ1) is 12.5. The van der Waals surface area contributed by atoms with Gasteiger partial charge >= 0.3 is 0 Å². The van der Waals surface area contributed by atoms with Crippen LogP contribution in [-0.4, -0.2) is 59.2 Å². The highest BCUT2D eigenvalue weighted by Crippen LogP contribution is 1.95. The Labute approximate surface area is 82.9 Å². The van der Waals surface area contributed by atoms with E-state index in [1.165, 1.54) is 0 Å². The average Bonchev–Trinajstić information content (AvgIpc) is 2.03. The molecule has 2 unspecified atom stereocenters. The fourth-order valence-corrected chi connectivity index (χ4v) is 1.09. The molecule has 0 radical (unpaired) electrons. The summed E-state index contributed by atoms with van der Waals surface area (Å²) in [5.74, 6) is 0.419. The summed E-state index contributed by atoms with van der Waals surface area (Å²) in [6.07, 6.45) is -1.08. The van der Waals surface area contributed by atoms with E-state index >= 15 is 0 Å². The van der Waals surface area contributed by atoms with Crippen LogP contribution in [0.4, 0.5) is 0 Å². The second-order valence-corrected chi connectivity index (χ2v) is 3.45.